The van der Waals surface area contributed by atoms with Crippen molar-refractivity contribution in [1.29, 1.82) is 0 Å². The standard InChI is InChI=1S/C11H17BrN2O3S/c1-3-9(6-15)14-18(16,17)11-5-8(12)4-10(13)7(11)2/h4-5,9,14-15H,3,6,13H2,1-2H3. The molecule has 0 bridgehead atoms. The second-order valence-corrected chi connectivity index (χ2v) is 6.63. The van der Waals surface area contributed by atoms with E-state index in [4.69, 9.17) is 10.8 Å². The number of nitrogens with one attached hydrogen (secondary N) is 1. The molecule has 1 rings (SSSR count). The molecule has 18 heavy (non-hydrogen) atoms. The second-order valence-electron chi connectivity index (χ2n) is 4.03. The molecule has 0 radical (unpaired) electrons. The Hall–Kier alpha value is -0.630. The quantitative estimate of drug-likeness (QED) is 0.708. The molecule has 0 fully saturated rings. The average Bonchev–Trinajstić information content (AvgIpc) is 2.30. The molecule has 0 saturated carbocycles. The maximum Gasteiger partial charge on any atom is 0.241 e. The van der Waals surface area contributed by atoms with Gasteiger partial charge in [0.1, 0.15) is 0 Å². The average molecular weight is 337 g/mol. The zero-order chi connectivity index (χ0) is 13.9. The molecule has 0 aliphatic carbocycles. The molecule has 0 amide bonds. The number of halogens is 1. The molecule has 7 heteroatoms. The summed E-state index contributed by atoms with van der Waals surface area (Å²) in [6, 6.07) is 2.66. The molecular weight excluding hydrogens is 320 g/mol. The Morgan fingerprint density at radius 2 is 2.11 bits per heavy atom. The highest BCUT2D eigenvalue weighted by Gasteiger charge is 2.22. The Bertz CT molecular complexity index is 527. The number of nitrogen functional groups attached to an aromatic ring is 1. The topological polar surface area (TPSA) is 92.4 Å². The first-order valence-electron chi connectivity index (χ1n) is 5.50. The van der Waals surface area contributed by atoms with Gasteiger partial charge < -0.3 is 10.8 Å². The third-order valence-electron chi connectivity index (χ3n) is 2.69. The molecule has 0 spiro atoms. The Labute approximate surface area is 116 Å². The number of sulfonamides is 1. The highest BCUT2D eigenvalue weighted by Crippen LogP contribution is 2.26. The minimum atomic E-state index is -3.68. The highest BCUT2D eigenvalue weighted by atomic mass is 79.9. The van der Waals surface area contributed by atoms with Crippen molar-refractivity contribution >= 4 is 31.6 Å². The van der Waals surface area contributed by atoms with Gasteiger partial charge in [-0.05, 0) is 31.0 Å². The summed E-state index contributed by atoms with van der Waals surface area (Å²) in [6.45, 7) is 3.21. The number of nitrogens with two attached hydrogens (primary N) is 1. The number of aliphatic hydroxyl groups is 1. The molecule has 1 aromatic carbocycles. The van der Waals surface area contributed by atoms with Crippen LogP contribution in [0.5, 0.6) is 0 Å². The van der Waals surface area contributed by atoms with Gasteiger partial charge in [-0.2, -0.15) is 0 Å². The fourth-order valence-electron chi connectivity index (χ4n) is 1.49. The van der Waals surface area contributed by atoms with Crippen LogP contribution in [0.2, 0.25) is 0 Å². The van der Waals surface area contributed by atoms with Crippen LogP contribution in [0.1, 0.15) is 18.9 Å². The Morgan fingerprint density at radius 3 is 2.61 bits per heavy atom. The van der Waals surface area contributed by atoms with Gasteiger partial charge in [0.05, 0.1) is 11.5 Å². The van der Waals surface area contributed by atoms with Gasteiger partial charge in [0, 0.05) is 16.2 Å². The van der Waals surface area contributed by atoms with Gasteiger partial charge in [-0.25, -0.2) is 13.1 Å². The third-order valence-corrected chi connectivity index (χ3v) is 4.79. The van der Waals surface area contributed by atoms with E-state index in [1.807, 2.05) is 0 Å². The smallest absolute Gasteiger partial charge is 0.241 e. The van der Waals surface area contributed by atoms with Gasteiger partial charge in [-0.3, -0.25) is 0 Å². The van der Waals surface area contributed by atoms with Crippen LogP contribution in [0.25, 0.3) is 0 Å². The molecule has 0 aromatic heterocycles. The van der Waals surface area contributed by atoms with Gasteiger partial charge in [0.25, 0.3) is 0 Å². The monoisotopic (exact) mass is 336 g/mol. The summed E-state index contributed by atoms with van der Waals surface area (Å²) in [6.07, 6.45) is 0.512. The van der Waals surface area contributed by atoms with Crippen LogP contribution < -0.4 is 10.5 Å². The van der Waals surface area contributed by atoms with Crippen molar-refractivity contribution in [1.82, 2.24) is 4.72 Å². The number of benzene rings is 1. The summed E-state index contributed by atoms with van der Waals surface area (Å²) in [4.78, 5) is 0.126. The number of aliphatic hydroxyl groups excluding tert-OH is 1. The van der Waals surface area contributed by atoms with E-state index in [0.29, 0.717) is 22.1 Å². The van der Waals surface area contributed by atoms with E-state index in [9.17, 15) is 8.42 Å². The van der Waals surface area contributed by atoms with Crippen LogP contribution in [0.15, 0.2) is 21.5 Å². The van der Waals surface area contributed by atoms with Gasteiger partial charge in [-0.15, -0.1) is 0 Å². The van der Waals surface area contributed by atoms with Crippen molar-refractivity contribution in [2.45, 2.75) is 31.2 Å². The molecule has 1 aromatic rings. The predicted octanol–water partition coefficient (Wildman–Crippen LogP) is 1.39. The van der Waals surface area contributed by atoms with Gasteiger partial charge in [-0.1, -0.05) is 22.9 Å². The number of hydrogen-bond acceptors (Lipinski definition) is 4. The van der Waals surface area contributed by atoms with Crippen LogP contribution in [0, 0.1) is 6.92 Å². The summed E-state index contributed by atoms with van der Waals surface area (Å²) < 4.78 is 27.4. The van der Waals surface area contributed by atoms with Crippen LogP contribution >= 0.6 is 15.9 Å². The fraction of sp³-hybridized carbons (Fsp3) is 0.455. The second kappa shape index (κ2) is 6.01. The predicted molar refractivity (Wildman–Crippen MR) is 74.8 cm³/mol. The molecule has 4 N–H and O–H groups in total. The highest BCUT2D eigenvalue weighted by molar-refractivity contribution is 9.10. The molecule has 0 saturated heterocycles. The number of anilines is 1. The van der Waals surface area contributed by atoms with E-state index < -0.39 is 16.1 Å². The summed E-state index contributed by atoms with van der Waals surface area (Å²) >= 11 is 3.22. The van der Waals surface area contributed by atoms with E-state index in [1.165, 1.54) is 6.07 Å². The van der Waals surface area contributed by atoms with E-state index in [0.717, 1.165) is 0 Å². The number of hydrogen-bond donors (Lipinski definition) is 3. The molecule has 0 aliphatic rings. The lowest BCUT2D eigenvalue weighted by atomic mass is 10.2. The summed E-state index contributed by atoms with van der Waals surface area (Å²) in [7, 11) is -3.68. The lowest BCUT2D eigenvalue weighted by Crippen LogP contribution is -2.37. The fourth-order valence-corrected chi connectivity index (χ4v) is 3.72. The van der Waals surface area contributed by atoms with Crippen molar-refractivity contribution in [3.63, 3.8) is 0 Å². The Balaban J connectivity index is 3.20. The van der Waals surface area contributed by atoms with Crippen molar-refractivity contribution < 1.29 is 13.5 Å². The van der Waals surface area contributed by atoms with Crippen molar-refractivity contribution in [2.75, 3.05) is 12.3 Å². The SMILES string of the molecule is CCC(CO)NS(=O)(=O)c1cc(Br)cc(N)c1C. The Kier molecular flexibility index (Phi) is 5.15. The minimum absolute atomic E-state index is 0.126. The normalized spacial score (nSPS) is 13.6. The maximum atomic E-state index is 12.2. The lowest BCUT2D eigenvalue weighted by Gasteiger charge is -2.16. The summed E-state index contributed by atoms with van der Waals surface area (Å²) in [5.74, 6) is 0. The lowest BCUT2D eigenvalue weighted by molar-refractivity contribution is 0.254. The summed E-state index contributed by atoms with van der Waals surface area (Å²) in [5, 5.41) is 9.05. The van der Waals surface area contributed by atoms with Gasteiger partial charge >= 0.3 is 0 Å². The van der Waals surface area contributed by atoms with Crippen LogP contribution in [-0.4, -0.2) is 26.2 Å². The molecule has 5 nitrogen and oxygen atoms in total. The minimum Gasteiger partial charge on any atom is -0.398 e. The van der Waals surface area contributed by atoms with Crippen LogP contribution in [-0.2, 0) is 10.0 Å². The maximum absolute atomic E-state index is 12.2. The molecule has 0 aliphatic heterocycles. The Morgan fingerprint density at radius 1 is 1.50 bits per heavy atom. The molecule has 102 valence electrons. The zero-order valence-corrected chi connectivity index (χ0v) is 12.7. The third kappa shape index (κ3) is 3.44. The van der Waals surface area contributed by atoms with Crippen molar-refractivity contribution in [3.05, 3.63) is 22.2 Å². The summed E-state index contributed by atoms with van der Waals surface area (Å²) in [5.41, 5.74) is 6.65. The first-order chi connectivity index (χ1) is 8.31. The van der Waals surface area contributed by atoms with E-state index in [1.54, 1.807) is 19.9 Å². The largest absolute Gasteiger partial charge is 0.398 e. The zero-order valence-electron chi connectivity index (χ0n) is 10.3. The molecule has 1 atom stereocenters. The van der Waals surface area contributed by atoms with E-state index in [-0.39, 0.29) is 11.5 Å². The van der Waals surface area contributed by atoms with Crippen LogP contribution in [0.4, 0.5) is 5.69 Å². The van der Waals surface area contributed by atoms with Crippen molar-refractivity contribution in [2.24, 2.45) is 0 Å². The molecular formula is C11H17BrN2O3S. The first kappa shape index (κ1) is 15.4. The van der Waals surface area contributed by atoms with E-state index in [2.05, 4.69) is 20.7 Å². The van der Waals surface area contributed by atoms with Crippen molar-refractivity contribution in [3.8, 4) is 0 Å². The molecule has 1 unspecified atom stereocenters. The van der Waals surface area contributed by atoms with Crippen LogP contribution in [0.3, 0.4) is 0 Å². The van der Waals surface area contributed by atoms with Gasteiger partial charge in [0.2, 0.25) is 10.0 Å². The van der Waals surface area contributed by atoms with Gasteiger partial charge in [0.15, 0.2) is 0 Å². The molecule has 0 heterocycles. The first-order valence-corrected chi connectivity index (χ1v) is 7.78. The number of rotatable bonds is 5. The van der Waals surface area contributed by atoms with E-state index >= 15 is 0 Å².